The van der Waals surface area contributed by atoms with E-state index in [2.05, 4.69) is 4.72 Å². The van der Waals surface area contributed by atoms with Crippen molar-refractivity contribution in [1.29, 1.82) is 0 Å². The maximum atomic E-state index is 12.4. The minimum Gasteiger partial charge on any atom is -0.495 e. The Hall–Kier alpha value is -1.56. The second-order valence-electron chi connectivity index (χ2n) is 5.40. The van der Waals surface area contributed by atoms with Crippen molar-refractivity contribution < 1.29 is 17.9 Å². The molecule has 0 saturated heterocycles. The number of methoxy groups -OCH3 is 1. The summed E-state index contributed by atoms with van der Waals surface area (Å²) >= 11 is 0. The third-order valence-corrected chi connectivity index (χ3v) is 4.91. The molecule has 1 aliphatic rings. The number of carbonyl (C=O) groups is 1. The van der Waals surface area contributed by atoms with Crippen LogP contribution in [-0.2, 0) is 14.8 Å². The highest BCUT2D eigenvalue weighted by Crippen LogP contribution is 2.38. The molecule has 1 saturated carbocycles. The molecule has 0 aliphatic heterocycles. The van der Waals surface area contributed by atoms with Gasteiger partial charge in [-0.2, -0.15) is 0 Å². The molecular weight excluding hydrogens is 278 g/mol. The van der Waals surface area contributed by atoms with Gasteiger partial charge >= 0.3 is 0 Å². The van der Waals surface area contributed by atoms with E-state index in [9.17, 15) is 13.2 Å². The minimum absolute atomic E-state index is 0.0131. The van der Waals surface area contributed by atoms with Crippen LogP contribution in [0.5, 0.6) is 5.75 Å². The summed E-state index contributed by atoms with van der Waals surface area (Å²) in [5.74, 6) is -0.0912. The number of amides is 1. The van der Waals surface area contributed by atoms with Crippen molar-refractivity contribution in [2.45, 2.75) is 32.1 Å². The average molecular weight is 297 g/mol. The van der Waals surface area contributed by atoms with Crippen molar-refractivity contribution in [1.82, 2.24) is 4.72 Å². The molecule has 0 spiro atoms. The number of hydrogen-bond donors (Lipinski definition) is 1. The van der Waals surface area contributed by atoms with Crippen LogP contribution in [0, 0.1) is 25.7 Å². The summed E-state index contributed by atoms with van der Waals surface area (Å²) in [4.78, 5) is 11.9. The van der Waals surface area contributed by atoms with Crippen LogP contribution < -0.4 is 9.46 Å². The Morgan fingerprint density at radius 2 is 1.95 bits per heavy atom. The highest BCUT2D eigenvalue weighted by Gasteiger charge is 2.41. The average Bonchev–Trinajstić information content (AvgIpc) is 3.05. The van der Waals surface area contributed by atoms with E-state index in [1.807, 2.05) is 13.0 Å². The van der Waals surface area contributed by atoms with E-state index in [1.54, 1.807) is 13.8 Å². The number of benzene rings is 1. The first-order valence-corrected chi connectivity index (χ1v) is 7.96. The Bertz CT molecular complexity index is 651. The molecule has 0 bridgehead atoms. The van der Waals surface area contributed by atoms with Gasteiger partial charge in [0.05, 0.1) is 7.11 Å². The van der Waals surface area contributed by atoms with Crippen LogP contribution in [0.3, 0.4) is 0 Å². The lowest BCUT2D eigenvalue weighted by Crippen LogP contribution is -2.32. The summed E-state index contributed by atoms with van der Waals surface area (Å²) in [6.07, 6.45) is 0.741. The molecule has 2 unspecified atom stereocenters. The van der Waals surface area contributed by atoms with E-state index in [0.717, 1.165) is 17.5 Å². The lowest BCUT2D eigenvalue weighted by Gasteiger charge is -2.13. The Balaban J connectivity index is 2.36. The molecule has 0 aromatic heterocycles. The van der Waals surface area contributed by atoms with Gasteiger partial charge in [-0.25, -0.2) is 13.1 Å². The van der Waals surface area contributed by atoms with Gasteiger partial charge in [0.25, 0.3) is 10.0 Å². The zero-order valence-corrected chi connectivity index (χ0v) is 12.9. The van der Waals surface area contributed by atoms with Gasteiger partial charge in [-0.3, -0.25) is 4.79 Å². The van der Waals surface area contributed by atoms with E-state index in [4.69, 9.17) is 4.74 Å². The Labute approximate surface area is 119 Å². The SMILES string of the molecule is COc1c(C)cc(C)cc1S(=O)(=O)NC(=O)C1CC1C. The van der Waals surface area contributed by atoms with Crippen LogP contribution in [0.1, 0.15) is 24.5 Å². The number of sulfonamides is 1. The van der Waals surface area contributed by atoms with Gasteiger partial charge in [0.1, 0.15) is 10.6 Å². The maximum Gasteiger partial charge on any atom is 0.267 e. The first kappa shape index (κ1) is 14.8. The predicted octanol–water partition coefficient (Wildman–Crippen LogP) is 1.77. The molecule has 0 heterocycles. The second kappa shape index (κ2) is 5.09. The first-order chi connectivity index (χ1) is 9.26. The molecular formula is C14H19NO4S. The lowest BCUT2D eigenvalue weighted by molar-refractivity contribution is -0.120. The van der Waals surface area contributed by atoms with Crippen LogP contribution in [-0.4, -0.2) is 21.4 Å². The molecule has 110 valence electrons. The Morgan fingerprint density at radius 3 is 2.45 bits per heavy atom. The molecule has 1 amide bonds. The summed E-state index contributed by atoms with van der Waals surface area (Å²) in [5.41, 5.74) is 1.52. The highest BCUT2D eigenvalue weighted by molar-refractivity contribution is 7.90. The number of aryl methyl sites for hydroxylation is 2. The molecule has 6 heteroatoms. The number of hydrogen-bond acceptors (Lipinski definition) is 4. The van der Waals surface area contributed by atoms with Gasteiger partial charge in [-0.15, -0.1) is 0 Å². The summed E-state index contributed by atoms with van der Waals surface area (Å²) in [6.45, 7) is 5.50. The zero-order valence-electron chi connectivity index (χ0n) is 12.1. The third kappa shape index (κ3) is 2.80. The van der Waals surface area contributed by atoms with E-state index >= 15 is 0 Å². The quantitative estimate of drug-likeness (QED) is 0.919. The van der Waals surface area contributed by atoms with Crippen molar-refractivity contribution in [3.8, 4) is 5.75 Å². The van der Waals surface area contributed by atoms with Crippen LogP contribution in [0.2, 0.25) is 0 Å². The molecule has 1 N–H and O–H groups in total. The molecule has 1 aromatic carbocycles. The fraction of sp³-hybridized carbons (Fsp3) is 0.500. The summed E-state index contributed by atoms with van der Waals surface area (Å²) < 4.78 is 32.0. The van der Waals surface area contributed by atoms with Crippen molar-refractivity contribution in [2.75, 3.05) is 7.11 Å². The molecule has 1 aliphatic carbocycles. The van der Waals surface area contributed by atoms with Crippen LogP contribution >= 0.6 is 0 Å². The van der Waals surface area contributed by atoms with Gasteiger partial charge in [-0.05, 0) is 43.4 Å². The van der Waals surface area contributed by atoms with Crippen LogP contribution in [0.4, 0.5) is 0 Å². The standard InChI is InChI=1S/C14H19NO4S/c1-8-5-10(3)13(19-4)12(6-8)20(17,18)15-14(16)11-7-9(11)2/h5-6,9,11H,7H2,1-4H3,(H,15,16). The van der Waals surface area contributed by atoms with Gasteiger partial charge < -0.3 is 4.74 Å². The predicted molar refractivity (Wildman–Crippen MR) is 75.1 cm³/mol. The van der Waals surface area contributed by atoms with Crippen molar-refractivity contribution in [3.05, 3.63) is 23.3 Å². The minimum atomic E-state index is -3.90. The number of ether oxygens (including phenoxy) is 1. The molecule has 1 fully saturated rings. The van der Waals surface area contributed by atoms with Gasteiger partial charge in [0.15, 0.2) is 0 Å². The lowest BCUT2D eigenvalue weighted by atomic mass is 10.1. The van der Waals surface area contributed by atoms with Crippen molar-refractivity contribution in [2.24, 2.45) is 11.8 Å². The number of nitrogens with one attached hydrogen (secondary N) is 1. The zero-order chi connectivity index (χ0) is 15.1. The molecule has 5 nitrogen and oxygen atoms in total. The number of rotatable bonds is 4. The summed E-state index contributed by atoms with van der Waals surface area (Å²) in [7, 11) is -2.48. The third-order valence-electron chi connectivity index (χ3n) is 3.56. The van der Waals surface area contributed by atoms with E-state index < -0.39 is 15.9 Å². The van der Waals surface area contributed by atoms with E-state index in [0.29, 0.717) is 0 Å². The van der Waals surface area contributed by atoms with Gasteiger partial charge in [0.2, 0.25) is 5.91 Å². The molecule has 2 atom stereocenters. The first-order valence-electron chi connectivity index (χ1n) is 6.48. The highest BCUT2D eigenvalue weighted by atomic mass is 32.2. The molecule has 1 aromatic rings. The molecule has 0 radical (unpaired) electrons. The van der Waals surface area contributed by atoms with E-state index in [1.165, 1.54) is 13.2 Å². The number of carbonyl (C=O) groups excluding carboxylic acids is 1. The van der Waals surface area contributed by atoms with E-state index in [-0.39, 0.29) is 22.5 Å². The maximum absolute atomic E-state index is 12.4. The topological polar surface area (TPSA) is 72.5 Å². The summed E-state index contributed by atoms with van der Waals surface area (Å²) in [5, 5.41) is 0. The monoisotopic (exact) mass is 297 g/mol. The fourth-order valence-electron chi connectivity index (χ4n) is 2.33. The van der Waals surface area contributed by atoms with Crippen molar-refractivity contribution >= 4 is 15.9 Å². The Morgan fingerprint density at radius 1 is 1.35 bits per heavy atom. The van der Waals surface area contributed by atoms with Gasteiger partial charge in [0, 0.05) is 5.92 Å². The van der Waals surface area contributed by atoms with Crippen LogP contribution in [0.25, 0.3) is 0 Å². The second-order valence-corrected chi connectivity index (χ2v) is 7.05. The van der Waals surface area contributed by atoms with Crippen molar-refractivity contribution in [3.63, 3.8) is 0 Å². The smallest absolute Gasteiger partial charge is 0.267 e. The Kier molecular flexibility index (Phi) is 3.77. The normalized spacial score (nSPS) is 21.4. The molecule has 2 rings (SSSR count). The largest absolute Gasteiger partial charge is 0.495 e. The van der Waals surface area contributed by atoms with Gasteiger partial charge in [-0.1, -0.05) is 13.0 Å². The van der Waals surface area contributed by atoms with Crippen LogP contribution in [0.15, 0.2) is 17.0 Å². The summed E-state index contributed by atoms with van der Waals surface area (Å²) in [6, 6.07) is 3.35. The fourth-order valence-corrected chi connectivity index (χ4v) is 3.68. The molecule has 20 heavy (non-hydrogen) atoms.